The van der Waals surface area contributed by atoms with Crippen LogP contribution in [-0.4, -0.2) is 31.0 Å². The van der Waals surface area contributed by atoms with Gasteiger partial charge in [0.2, 0.25) is 4.34 Å². The molecule has 9 heteroatoms. The van der Waals surface area contributed by atoms with E-state index in [-0.39, 0.29) is 28.5 Å². The summed E-state index contributed by atoms with van der Waals surface area (Å²) in [6.45, 7) is 6.24. The van der Waals surface area contributed by atoms with Gasteiger partial charge in [-0.3, -0.25) is 4.31 Å². The Balaban J connectivity index is 1.63. The normalized spacial score (nSPS) is 15.5. The lowest BCUT2D eigenvalue weighted by Gasteiger charge is -2.26. The second-order valence-electron chi connectivity index (χ2n) is 8.87. The molecule has 1 atom stereocenters. The van der Waals surface area contributed by atoms with Crippen LogP contribution < -0.4 is 4.31 Å². The highest BCUT2D eigenvalue weighted by molar-refractivity contribution is 7.94. The minimum absolute atomic E-state index is 0.0872. The third-order valence-electron chi connectivity index (χ3n) is 5.77. The number of fused-ring (bicyclic) bond motifs is 1. The number of thiazole rings is 1. The molecule has 4 rings (SSSR count). The number of carbonyl (C=O) groups is 1. The molecule has 180 valence electrons. The van der Waals surface area contributed by atoms with Crippen LogP contribution in [0, 0.1) is 12.8 Å². The first kappa shape index (κ1) is 24.4. The molecule has 0 saturated carbocycles. The number of hydrogen-bond donors (Lipinski definition) is 1. The lowest BCUT2D eigenvalue weighted by molar-refractivity contribution is 0.0397. The standard InChI is InChI=1S/C25H28N2O5S2/c1-16(2)13-27(34(30,31)25-26-17(3)15-33-25)20-10-8-18-9-11-23(22(18)12-20)32-14-19-6-4-5-7-21(19)24(28)29/h4-8,10,12,15-16,23H,9,11,13-14H2,1-3H3,(H,28,29). The number of carboxylic acid groups (broad SMARTS) is 1. The molecule has 0 bridgehead atoms. The first-order valence-electron chi connectivity index (χ1n) is 11.2. The fraction of sp³-hybridized carbons (Fsp3) is 0.360. The zero-order chi connectivity index (χ0) is 24.5. The lowest BCUT2D eigenvalue weighted by Crippen LogP contribution is -2.34. The van der Waals surface area contributed by atoms with Crippen molar-refractivity contribution >= 4 is 33.0 Å². The van der Waals surface area contributed by atoms with E-state index in [4.69, 9.17) is 4.74 Å². The Morgan fingerprint density at radius 3 is 2.71 bits per heavy atom. The van der Waals surface area contributed by atoms with E-state index in [1.54, 1.807) is 36.6 Å². The SMILES string of the molecule is Cc1csc(S(=O)(=O)N(CC(C)C)c2ccc3c(c2)C(OCc2ccccc2C(=O)O)CC3)n1. The van der Waals surface area contributed by atoms with Crippen molar-refractivity contribution in [2.45, 2.75) is 50.7 Å². The molecule has 1 aromatic heterocycles. The van der Waals surface area contributed by atoms with Gasteiger partial charge in [-0.05, 0) is 60.6 Å². The highest BCUT2D eigenvalue weighted by atomic mass is 32.2. The van der Waals surface area contributed by atoms with Gasteiger partial charge in [0, 0.05) is 17.6 Å². The first-order valence-corrected chi connectivity index (χ1v) is 13.5. The van der Waals surface area contributed by atoms with Crippen molar-refractivity contribution in [2.75, 3.05) is 10.8 Å². The number of anilines is 1. The van der Waals surface area contributed by atoms with Gasteiger partial charge in [-0.15, -0.1) is 11.3 Å². The van der Waals surface area contributed by atoms with Gasteiger partial charge >= 0.3 is 5.97 Å². The average Bonchev–Trinajstić information content (AvgIpc) is 3.42. The number of rotatable bonds is 9. The summed E-state index contributed by atoms with van der Waals surface area (Å²) in [7, 11) is -3.80. The summed E-state index contributed by atoms with van der Waals surface area (Å²) < 4.78 is 34.6. The van der Waals surface area contributed by atoms with Crippen LogP contribution in [0.2, 0.25) is 0 Å². The molecule has 0 radical (unpaired) electrons. The van der Waals surface area contributed by atoms with Gasteiger partial charge in [0.15, 0.2) is 0 Å². The van der Waals surface area contributed by atoms with Crippen LogP contribution in [0.15, 0.2) is 52.2 Å². The van der Waals surface area contributed by atoms with E-state index in [0.29, 0.717) is 23.5 Å². The Bertz CT molecular complexity index is 1300. The van der Waals surface area contributed by atoms with Crippen molar-refractivity contribution in [1.82, 2.24) is 4.98 Å². The van der Waals surface area contributed by atoms with Crippen molar-refractivity contribution < 1.29 is 23.1 Å². The molecule has 1 N–H and O–H groups in total. The Kier molecular flexibility index (Phi) is 7.06. The zero-order valence-electron chi connectivity index (χ0n) is 19.4. The molecular weight excluding hydrogens is 472 g/mol. The average molecular weight is 501 g/mol. The van der Waals surface area contributed by atoms with Crippen LogP contribution in [-0.2, 0) is 27.8 Å². The van der Waals surface area contributed by atoms with Gasteiger partial charge < -0.3 is 9.84 Å². The fourth-order valence-corrected chi connectivity index (χ4v) is 6.90. The summed E-state index contributed by atoms with van der Waals surface area (Å²) in [6, 6.07) is 12.5. The minimum atomic E-state index is -3.80. The Hall–Kier alpha value is -2.75. The zero-order valence-corrected chi connectivity index (χ0v) is 21.0. The number of aromatic nitrogens is 1. The molecule has 34 heavy (non-hydrogen) atoms. The van der Waals surface area contributed by atoms with E-state index < -0.39 is 16.0 Å². The van der Waals surface area contributed by atoms with Gasteiger partial charge in [0.25, 0.3) is 10.0 Å². The predicted octanol–water partition coefficient (Wildman–Crippen LogP) is 5.21. The van der Waals surface area contributed by atoms with Crippen molar-refractivity contribution in [3.63, 3.8) is 0 Å². The third-order valence-corrected chi connectivity index (χ3v) is 8.91. The summed E-state index contributed by atoms with van der Waals surface area (Å²) in [5, 5.41) is 11.2. The minimum Gasteiger partial charge on any atom is -0.478 e. The molecule has 0 amide bonds. The van der Waals surface area contributed by atoms with Gasteiger partial charge in [-0.1, -0.05) is 38.1 Å². The second-order valence-corrected chi connectivity index (χ2v) is 11.8. The monoisotopic (exact) mass is 500 g/mol. The van der Waals surface area contributed by atoms with Crippen molar-refractivity contribution in [1.29, 1.82) is 0 Å². The molecule has 3 aromatic rings. The first-order chi connectivity index (χ1) is 16.2. The van der Waals surface area contributed by atoms with Gasteiger partial charge in [-0.25, -0.2) is 9.78 Å². The van der Waals surface area contributed by atoms with E-state index >= 15 is 0 Å². The molecule has 0 spiro atoms. The van der Waals surface area contributed by atoms with Crippen LogP contribution in [0.5, 0.6) is 0 Å². The van der Waals surface area contributed by atoms with E-state index in [0.717, 1.165) is 35.3 Å². The van der Waals surface area contributed by atoms with E-state index in [1.807, 2.05) is 32.0 Å². The Morgan fingerprint density at radius 1 is 1.26 bits per heavy atom. The number of ether oxygens (including phenoxy) is 1. The predicted molar refractivity (Wildman–Crippen MR) is 132 cm³/mol. The number of sulfonamides is 1. The van der Waals surface area contributed by atoms with E-state index in [2.05, 4.69) is 4.98 Å². The van der Waals surface area contributed by atoms with Crippen LogP contribution in [0.1, 0.15) is 59.1 Å². The third kappa shape index (κ3) is 5.01. The van der Waals surface area contributed by atoms with Crippen LogP contribution in [0.3, 0.4) is 0 Å². The topological polar surface area (TPSA) is 96.8 Å². The number of aryl methyl sites for hydroxylation is 2. The van der Waals surface area contributed by atoms with Crippen molar-refractivity contribution in [2.24, 2.45) is 5.92 Å². The molecule has 1 aliphatic carbocycles. The molecule has 1 unspecified atom stereocenters. The molecule has 1 aliphatic rings. The highest BCUT2D eigenvalue weighted by Gasteiger charge is 2.31. The largest absolute Gasteiger partial charge is 0.478 e. The van der Waals surface area contributed by atoms with E-state index in [1.165, 1.54) is 4.31 Å². The van der Waals surface area contributed by atoms with Gasteiger partial charge in [-0.2, -0.15) is 8.42 Å². The summed E-state index contributed by atoms with van der Waals surface area (Å²) in [5.41, 5.74) is 4.17. The number of hydrogen-bond acceptors (Lipinski definition) is 6. The molecule has 0 fully saturated rings. The fourth-order valence-electron chi connectivity index (χ4n) is 4.14. The van der Waals surface area contributed by atoms with E-state index in [9.17, 15) is 18.3 Å². The summed E-state index contributed by atoms with van der Waals surface area (Å²) >= 11 is 1.13. The summed E-state index contributed by atoms with van der Waals surface area (Å²) in [5.74, 6) is -0.871. The van der Waals surface area contributed by atoms with Crippen LogP contribution in [0.25, 0.3) is 0 Å². The maximum absolute atomic E-state index is 13.5. The molecule has 7 nitrogen and oxygen atoms in total. The molecular formula is C25H28N2O5S2. The maximum Gasteiger partial charge on any atom is 0.336 e. The van der Waals surface area contributed by atoms with Crippen LogP contribution >= 0.6 is 11.3 Å². The van der Waals surface area contributed by atoms with Crippen LogP contribution in [0.4, 0.5) is 5.69 Å². The highest BCUT2D eigenvalue weighted by Crippen LogP contribution is 2.38. The summed E-state index contributed by atoms with van der Waals surface area (Å²) in [6.07, 6.45) is 1.35. The Labute approximate surface area is 204 Å². The quantitative estimate of drug-likeness (QED) is 0.433. The maximum atomic E-state index is 13.5. The van der Waals surface area contributed by atoms with Crippen molar-refractivity contribution in [3.05, 3.63) is 75.8 Å². The smallest absolute Gasteiger partial charge is 0.336 e. The number of aromatic carboxylic acids is 1. The molecule has 0 saturated heterocycles. The number of benzene rings is 2. The number of nitrogens with zero attached hydrogens (tertiary/aromatic N) is 2. The number of carboxylic acids is 1. The molecule has 1 heterocycles. The summed E-state index contributed by atoms with van der Waals surface area (Å²) in [4.78, 5) is 15.7. The van der Waals surface area contributed by atoms with Gasteiger partial charge in [0.1, 0.15) is 0 Å². The second kappa shape index (κ2) is 9.85. The lowest BCUT2D eigenvalue weighted by atomic mass is 10.1. The van der Waals surface area contributed by atoms with Gasteiger partial charge in [0.05, 0.1) is 24.0 Å². The molecule has 0 aliphatic heterocycles. The Morgan fingerprint density at radius 2 is 2.03 bits per heavy atom. The molecule has 2 aromatic carbocycles. The van der Waals surface area contributed by atoms with Crippen molar-refractivity contribution in [3.8, 4) is 0 Å².